The molecule has 29 heavy (non-hydrogen) atoms. The normalized spacial score (nSPS) is 12.9. The number of amides is 1. The van der Waals surface area contributed by atoms with Gasteiger partial charge in [-0.1, -0.05) is 36.4 Å². The number of hydrogen-bond donors (Lipinski definition) is 1. The number of nitrogens with one attached hydrogen (secondary N) is 1. The number of fused-ring (bicyclic) bond motifs is 1. The lowest BCUT2D eigenvalue weighted by Crippen LogP contribution is -2.36. The Labute approximate surface area is 170 Å². The highest BCUT2D eigenvalue weighted by molar-refractivity contribution is 5.92. The molecule has 148 valence electrons. The first-order valence-electron chi connectivity index (χ1n) is 9.78. The maximum absolute atomic E-state index is 12.8. The number of anilines is 1. The van der Waals surface area contributed by atoms with Crippen LogP contribution in [0.4, 0.5) is 5.82 Å². The Kier molecular flexibility index (Phi) is 5.70. The Morgan fingerprint density at radius 2 is 1.86 bits per heavy atom. The predicted molar refractivity (Wildman–Crippen MR) is 112 cm³/mol. The SMILES string of the molecule is COc1ccc(CCNc2cnc(C(=O)N3CCc4ccccc4C3)cn2)cc1. The lowest BCUT2D eigenvalue weighted by atomic mass is 10.00. The monoisotopic (exact) mass is 388 g/mol. The molecule has 3 aromatic rings. The first-order valence-corrected chi connectivity index (χ1v) is 9.78. The summed E-state index contributed by atoms with van der Waals surface area (Å²) >= 11 is 0. The first-order chi connectivity index (χ1) is 14.2. The average Bonchev–Trinajstić information content (AvgIpc) is 2.79. The quantitative estimate of drug-likeness (QED) is 0.702. The van der Waals surface area contributed by atoms with Crippen molar-refractivity contribution in [3.05, 3.63) is 83.3 Å². The molecule has 4 rings (SSSR count). The zero-order valence-electron chi connectivity index (χ0n) is 16.5. The number of benzene rings is 2. The van der Waals surface area contributed by atoms with Crippen molar-refractivity contribution in [2.75, 3.05) is 25.5 Å². The molecule has 0 bridgehead atoms. The van der Waals surface area contributed by atoms with Crippen LogP contribution >= 0.6 is 0 Å². The molecule has 1 aliphatic heterocycles. The van der Waals surface area contributed by atoms with Crippen LogP contribution in [-0.4, -0.2) is 41.0 Å². The van der Waals surface area contributed by atoms with Gasteiger partial charge in [0, 0.05) is 19.6 Å². The fraction of sp³-hybridized carbons (Fsp3) is 0.261. The molecule has 0 unspecified atom stereocenters. The Bertz CT molecular complexity index is 971. The molecule has 0 saturated heterocycles. The highest BCUT2D eigenvalue weighted by Gasteiger charge is 2.22. The van der Waals surface area contributed by atoms with Crippen molar-refractivity contribution in [2.24, 2.45) is 0 Å². The maximum atomic E-state index is 12.8. The summed E-state index contributed by atoms with van der Waals surface area (Å²) in [6.07, 6.45) is 4.91. The van der Waals surface area contributed by atoms with E-state index < -0.39 is 0 Å². The number of nitrogens with zero attached hydrogens (tertiary/aromatic N) is 3. The number of rotatable bonds is 6. The highest BCUT2D eigenvalue weighted by Crippen LogP contribution is 2.20. The third-order valence-electron chi connectivity index (χ3n) is 5.17. The molecule has 0 aliphatic carbocycles. The molecule has 6 nitrogen and oxygen atoms in total. The molecular weight excluding hydrogens is 364 g/mol. The van der Waals surface area contributed by atoms with E-state index in [1.807, 2.05) is 41.3 Å². The van der Waals surface area contributed by atoms with Gasteiger partial charge in [-0.15, -0.1) is 0 Å². The van der Waals surface area contributed by atoms with Gasteiger partial charge in [-0.05, 0) is 41.7 Å². The van der Waals surface area contributed by atoms with E-state index in [1.54, 1.807) is 19.5 Å². The van der Waals surface area contributed by atoms with Crippen LogP contribution in [0.1, 0.15) is 27.2 Å². The van der Waals surface area contributed by atoms with E-state index in [-0.39, 0.29) is 5.91 Å². The Hall–Kier alpha value is -3.41. The standard InChI is InChI=1S/C23H24N4O2/c1-29-20-8-6-17(7-9-20)10-12-24-22-15-25-21(14-26-22)23(28)27-13-11-18-4-2-3-5-19(18)16-27/h2-9,14-15H,10-13,16H2,1H3,(H,24,26). The van der Waals surface area contributed by atoms with Crippen molar-refractivity contribution in [1.82, 2.24) is 14.9 Å². The number of aromatic nitrogens is 2. The van der Waals surface area contributed by atoms with E-state index in [0.717, 1.165) is 25.1 Å². The minimum atomic E-state index is -0.0724. The van der Waals surface area contributed by atoms with E-state index in [0.29, 0.717) is 24.6 Å². The molecule has 0 atom stereocenters. The zero-order chi connectivity index (χ0) is 20.1. The Morgan fingerprint density at radius 1 is 1.07 bits per heavy atom. The summed E-state index contributed by atoms with van der Waals surface area (Å²) in [5.41, 5.74) is 4.12. The van der Waals surface area contributed by atoms with Crippen molar-refractivity contribution in [2.45, 2.75) is 19.4 Å². The van der Waals surface area contributed by atoms with Crippen LogP contribution in [0.25, 0.3) is 0 Å². The largest absolute Gasteiger partial charge is 0.497 e. The maximum Gasteiger partial charge on any atom is 0.274 e. The third kappa shape index (κ3) is 4.54. The van der Waals surface area contributed by atoms with Gasteiger partial charge in [0.1, 0.15) is 17.3 Å². The molecule has 1 N–H and O–H groups in total. The van der Waals surface area contributed by atoms with Gasteiger partial charge in [0.15, 0.2) is 0 Å². The second-order valence-corrected chi connectivity index (χ2v) is 7.06. The molecular formula is C23H24N4O2. The van der Waals surface area contributed by atoms with Crippen LogP contribution in [-0.2, 0) is 19.4 Å². The summed E-state index contributed by atoms with van der Waals surface area (Å²) in [5.74, 6) is 1.45. The van der Waals surface area contributed by atoms with Gasteiger partial charge in [0.2, 0.25) is 0 Å². The van der Waals surface area contributed by atoms with Gasteiger partial charge in [-0.25, -0.2) is 9.97 Å². The molecule has 1 aliphatic rings. The summed E-state index contributed by atoms with van der Waals surface area (Å²) in [6.45, 7) is 2.06. The van der Waals surface area contributed by atoms with Gasteiger partial charge in [0.05, 0.1) is 19.5 Å². The van der Waals surface area contributed by atoms with Crippen LogP contribution in [0.3, 0.4) is 0 Å². The summed E-state index contributed by atoms with van der Waals surface area (Å²) in [5, 5.41) is 3.25. The number of methoxy groups -OCH3 is 1. The van der Waals surface area contributed by atoms with Gasteiger partial charge in [0.25, 0.3) is 5.91 Å². The highest BCUT2D eigenvalue weighted by atomic mass is 16.5. The molecule has 2 heterocycles. The zero-order valence-corrected chi connectivity index (χ0v) is 16.5. The van der Waals surface area contributed by atoms with E-state index in [9.17, 15) is 4.79 Å². The third-order valence-corrected chi connectivity index (χ3v) is 5.17. The molecule has 6 heteroatoms. The summed E-state index contributed by atoms with van der Waals surface area (Å²) in [6, 6.07) is 16.3. The molecule has 2 aromatic carbocycles. The van der Waals surface area contributed by atoms with Gasteiger partial charge in [-0.2, -0.15) is 0 Å². The number of carbonyl (C=O) groups excluding carboxylic acids is 1. The minimum absolute atomic E-state index is 0.0724. The molecule has 0 radical (unpaired) electrons. The lowest BCUT2D eigenvalue weighted by Gasteiger charge is -2.28. The predicted octanol–water partition coefficient (Wildman–Crippen LogP) is 3.34. The Balaban J connectivity index is 1.31. The summed E-state index contributed by atoms with van der Waals surface area (Å²) in [4.78, 5) is 23.3. The van der Waals surface area contributed by atoms with Crippen molar-refractivity contribution >= 4 is 11.7 Å². The van der Waals surface area contributed by atoms with Crippen LogP contribution in [0.2, 0.25) is 0 Å². The van der Waals surface area contributed by atoms with Gasteiger partial charge >= 0.3 is 0 Å². The summed E-state index contributed by atoms with van der Waals surface area (Å²) < 4.78 is 5.17. The van der Waals surface area contributed by atoms with Crippen molar-refractivity contribution < 1.29 is 9.53 Å². The van der Waals surface area contributed by atoms with Crippen molar-refractivity contribution in [1.29, 1.82) is 0 Å². The number of carbonyl (C=O) groups is 1. The van der Waals surface area contributed by atoms with Crippen molar-refractivity contribution in [3.63, 3.8) is 0 Å². The fourth-order valence-corrected chi connectivity index (χ4v) is 3.49. The molecule has 1 amide bonds. The van der Waals surface area contributed by atoms with E-state index >= 15 is 0 Å². The van der Waals surface area contributed by atoms with Gasteiger partial charge in [-0.3, -0.25) is 4.79 Å². The molecule has 1 aromatic heterocycles. The lowest BCUT2D eigenvalue weighted by molar-refractivity contribution is 0.0728. The fourth-order valence-electron chi connectivity index (χ4n) is 3.49. The molecule has 0 spiro atoms. The average molecular weight is 388 g/mol. The van der Waals surface area contributed by atoms with Crippen molar-refractivity contribution in [3.8, 4) is 5.75 Å². The second kappa shape index (κ2) is 8.73. The van der Waals surface area contributed by atoms with Crippen LogP contribution < -0.4 is 10.1 Å². The van der Waals surface area contributed by atoms with E-state index in [2.05, 4.69) is 27.4 Å². The topological polar surface area (TPSA) is 67.3 Å². The van der Waals surface area contributed by atoms with Crippen LogP contribution in [0, 0.1) is 0 Å². The molecule has 0 saturated carbocycles. The molecule has 0 fully saturated rings. The smallest absolute Gasteiger partial charge is 0.274 e. The second-order valence-electron chi connectivity index (χ2n) is 7.06. The van der Waals surface area contributed by atoms with Crippen LogP contribution in [0.15, 0.2) is 60.9 Å². The van der Waals surface area contributed by atoms with Gasteiger partial charge < -0.3 is 15.0 Å². The number of ether oxygens (including phenoxy) is 1. The van der Waals surface area contributed by atoms with E-state index in [1.165, 1.54) is 16.7 Å². The van der Waals surface area contributed by atoms with Crippen LogP contribution in [0.5, 0.6) is 5.75 Å². The Morgan fingerprint density at radius 3 is 2.59 bits per heavy atom. The summed E-state index contributed by atoms with van der Waals surface area (Å²) in [7, 11) is 1.66. The number of hydrogen-bond acceptors (Lipinski definition) is 5. The first kappa shape index (κ1) is 18.9. The van der Waals surface area contributed by atoms with E-state index in [4.69, 9.17) is 4.74 Å². The minimum Gasteiger partial charge on any atom is -0.497 e.